The molecule has 0 saturated heterocycles. The van der Waals surface area contributed by atoms with Crippen LogP contribution < -0.4 is 26.6 Å². The van der Waals surface area contributed by atoms with Crippen molar-refractivity contribution in [1.29, 1.82) is 0 Å². The number of aliphatic hydroxyl groups excluding tert-OH is 1. The van der Waals surface area contributed by atoms with E-state index >= 15 is 0 Å². The van der Waals surface area contributed by atoms with Crippen molar-refractivity contribution < 1.29 is 26.8 Å². The summed E-state index contributed by atoms with van der Waals surface area (Å²) in [6.07, 6.45) is -0.365. The van der Waals surface area contributed by atoms with E-state index in [-0.39, 0.29) is 18.5 Å². The molecule has 3 rings (SSSR count). The van der Waals surface area contributed by atoms with Crippen LogP contribution >= 0.6 is 11.3 Å². The molecule has 0 bridgehead atoms. The monoisotopic (exact) mass is 420 g/mol. The van der Waals surface area contributed by atoms with Gasteiger partial charge in [0.25, 0.3) is 0 Å². The molecular weight excluding hydrogens is 396 g/mol. The molecule has 28 heavy (non-hydrogen) atoms. The Morgan fingerprint density at radius 1 is 1.18 bits per heavy atom. The zero-order valence-corrected chi connectivity index (χ0v) is 18.0. The summed E-state index contributed by atoms with van der Waals surface area (Å²) in [7, 11) is 3.65. The molecule has 1 unspecified atom stereocenters. The van der Waals surface area contributed by atoms with Gasteiger partial charge in [0.15, 0.2) is 0 Å². The maximum Gasteiger partial charge on any atom is 0.409 e. The smallest absolute Gasteiger partial charge is 0.409 e. The summed E-state index contributed by atoms with van der Waals surface area (Å²) in [6, 6.07) is 13.9. The highest BCUT2D eigenvalue weighted by Gasteiger charge is 2.16. The number of fused-ring (bicyclic) bond motifs is 1. The molecule has 1 N–H and O–H groups in total. The number of nitrogens with zero attached hydrogens (tertiary/aromatic N) is 4. The lowest BCUT2D eigenvalue weighted by Crippen LogP contribution is -3.00. The van der Waals surface area contributed by atoms with Gasteiger partial charge in [-0.2, -0.15) is 0 Å². The van der Waals surface area contributed by atoms with Gasteiger partial charge in [0.1, 0.15) is 17.0 Å². The fraction of sp³-hybridized carbons (Fsp3) is 0.350. The second-order valence-corrected chi connectivity index (χ2v) is 7.39. The topological polar surface area (TPSA) is 61.3 Å². The molecule has 0 saturated carbocycles. The van der Waals surface area contributed by atoms with Crippen LogP contribution in [0.25, 0.3) is 10.2 Å². The van der Waals surface area contributed by atoms with Crippen LogP contribution in [0.15, 0.2) is 52.7 Å². The summed E-state index contributed by atoms with van der Waals surface area (Å²) in [4.78, 5) is 2.13. The molecule has 0 amide bonds. The largest absolute Gasteiger partial charge is 1.00 e. The number of ether oxygens (including phenoxy) is 1. The minimum atomic E-state index is -0.365. The number of aromatic nitrogens is 1. The predicted octanol–water partition coefficient (Wildman–Crippen LogP) is 1.36. The third-order valence-electron chi connectivity index (χ3n) is 4.35. The Morgan fingerprint density at radius 2 is 1.89 bits per heavy atom. The van der Waals surface area contributed by atoms with Crippen LogP contribution in [0.1, 0.15) is 13.8 Å². The fourth-order valence-electron chi connectivity index (χ4n) is 2.90. The molecule has 2 aromatic carbocycles. The molecule has 0 aliphatic heterocycles. The van der Waals surface area contributed by atoms with Crippen LogP contribution in [-0.4, -0.2) is 31.4 Å². The molecule has 0 aliphatic rings. The first-order valence-corrected chi connectivity index (χ1v) is 9.75. The average molecular weight is 421 g/mol. The lowest BCUT2D eigenvalue weighted by molar-refractivity contribution is -0.627. The van der Waals surface area contributed by atoms with Crippen molar-refractivity contribution in [2.75, 3.05) is 25.1 Å². The number of hydrogen-bond acceptors (Lipinski definition) is 6. The molecule has 0 radical (unpaired) electrons. The fourth-order valence-corrected chi connectivity index (χ4v) is 3.90. The summed E-state index contributed by atoms with van der Waals surface area (Å²) in [5.74, 6) is 0.834. The van der Waals surface area contributed by atoms with Gasteiger partial charge < -0.3 is 27.2 Å². The molecule has 3 aromatic rings. The van der Waals surface area contributed by atoms with Gasteiger partial charge >= 0.3 is 5.13 Å². The van der Waals surface area contributed by atoms with Crippen LogP contribution in [0.4, 0.5) is 16.5 Å². The first kappa shape index (κ1) is 22.1. The van der Waals surface area contributed by atoms with Gasteiger partial charge in [-0.1, -0.05) is 0 Å². The maximum atomic E-state index is 9.61. The Morgan fingerprint density at radius 3 is 2.50 bits per heavy atom. The summed E-state index contributed by atoms with van der Waals surface area (Å²) >= 11 is 1.58. The Bertz CT molecular complexity index is 941. The summed E-state index contributed by atoms with van der Waals surface area (Å²) in [5.41, 5.74) is 2.96. The Hall–Kier alpha value is -2.22. The summed E-state index contributed by atoms with van der Waals surface area (Å²) in [6.45, 7) is 5.32. The second-order valence-electron chi connectivity index (χ2n) is 6.38. The van der Waals surface area contributed by atoms with Crippen molar-refractivity contribution in [2.24, 2.45) is 17.3 Å². The van der Waals surface area contributed by atoms with Gasteiger partial charge in [-0.3, -0.25) is 0 Å². The van der Waals surface area contributed by atoms with E-state index < -0.39 is 0 Å². The predicted molar refractivity (Wildman–Crippen MR) is 110 cm³/mol. The molecule has 1 atom stereocenters. The number of aryl methyl sites for hydroxylation is 1. The van der Waals surface area contributed by atoms with Crippen molar-refractivity contribution in [1.82, 2.24) is 0 Å². The highest BCUT2D eigenvalue weighted by molar-refractivity contribution is 7.21. The number of benzene rings is 2. The highest BCUT2D eigenvalue weighted by atomic mass is 35.5. The zero-order chi connectivity index (χ0) is 19.4. The summed E-state index contributed by atoms with van der Waals surface area (Å²) < 4.78 is 8.42. The SMILES string of the molecule is CCN(CC(C)O)c1ccc(N=Nc2sc3cc(OC)ccc3[n+]2C)cc1.[Cl-]. The molecule has 8 heteroatoms. The van der Waals surface area contributed by atoms with Gasteiger partial charge in [0.2, 0.25) is 0 Å². The second kappa shape index (κ2) is 9.82. The molecule has 0 fully saturated rings. The van der Waals surface area contributed by atoms with E-state index in [9.17, 15) is 5.11 Å². The van der Waals surface area contributed by atoms with Gasteiger partial charge in [-0.05, 0) is 66.7 Å². The summed E-state index contributed by atoms with van der Waals surface area (Å²) in [5, 5.41) is 19.2. The van der Waals surface area contributed by atoms with E-state index in [1.807, 2.05) is 54.1 Å². The van der Waals surface area contributed by atoms with E-state index in [1.165, 1.54) is 0 Å². The molecular formula is C20H25ClN4O2S. The van der Waals surface area contributed by atoms with Gasteiger partial charge in [-0.15, -0.1) is 0 Å². The van der Waals surface area contributed by atoms with Crippen LogP contribution in [0.2, 0.25) is 0 Å². The third kappa shape index (κ3) is 4.98. The van der Waals surface area contributed by atoms with Crippen LogP contribution in [-0.2, 0) is 7.05 Å². The standard InChI is InChI=1S/C20H25N4O2S.ClH/c1-5-24(13-14(2)25)16-8-6-15(7-9-16)21-22-20-23(3)18-11-10-17(26-4)12-19(18)27-20;/h6-12,14,25H,5,13H2,1-4H3;1H/q+1;/p-1. The minimum absolute atomic E-state index is 0. The number of halogens is 1. The lowest BCUT2D eigenvalue weighted by atomic mass is 10.2. The minimum Gasteiger partial charge on any atom is -1.00 e. The number of likely N-dealkylation sites (N-methyl/N-ethyl adjacent to an activating group) is 1. The maximum absolute atomic E-state index is 9.61. The van der Waals surface area contributed by atoms with Crippen molar-refractivity contribution in [2.45, 2.75) is 20.0 Å². The number of azo groups is 1. The van der Waals surface area contributed by atoms with E-state index in [0.29, 0.717) is 6.54 Å². The number of anilines is 1. The lowest BCUT2D eigenvalue weighted by Gasteiger charge is -2.24. The van der Waals surface area contributed by atoms with Crippen LogP contribution in [0.5, 0.6) is 5.75 Å². The highest BCUT2D eigenvalue weighted by Crippen LogP contribution is 2.30. The molecule has 1 heterocycles. The number of hydrogen-bond donors (Lipinski definition) is 1. The van der Waals surface area contributed by atoms with Crippen LogP contribution in [0.3, 0.4) is 0 Å². The van der Waals surface area contributed by atoms with Crippen molar-refractivity contribution in [3.8, 4) is 5.75 Å². The Kier molecular flexibility index (Phi) is 7.74. The number of thiazole rings is 1. The molecule has 150 valence electrons. The van der Waals surface area contributed by atoms with Crippen molar-refractivity contribution in [3.63, 3.8) is 0 Å². The quantitative estimate of drug-likeness (QED) is 0.463. The average Bonchev–Trinajstić information content (AvgIpc) is 2.99. The van der Waals surface area contributed by atoms with Crippen LogP contribution in [0, 0.1) is 0 Å². The molecule has 1 aromatic heterocycles. The first-order valence-electron chi connectivity index (χ1n) is 8.93. The van der Waals surface area contributed by atoms with Crippen molar-refractivity contribution >= 4 is 38.1 Å². The van der Waals surface area contributed by atoms with Gasteiger partial charge in [-0.25, -0.2) is 4.57 Å². The van der Waals surface area contributed by atoms with E-state index in [1.54, 1.807) is 25.4 Å². The number of rotatable bonds is 7. The van der Waals surface area contributed by atoms with Gasteiger partial charge in [0, 0.05) is 24.8 Å². The van der Waals surface area contributed by atoms with E-state index in [2.05, 4.69) is 22.1 Å². The Labute approximate surface area is 175 Å². The third-order valence-corrected chi connectivity index (χ3v) is 5.43. The Balaban J connectivity index is 0.00000280. The first-order chi connectivity index (χ1) is 13.0. The van der Waals surface area contributed by atoms with E-state index in [4.69, 9.17) is 4.74 Å². The van der Waals surface area contributed by atoms with Gasteiger partial charge in [0.05, 0.1) is 30.1 Å². The van der Waals surface area contributed by atoms with E-state index in [0.717, 1.165) is 39.0 Å². The normalized spacial score (nSPS) is 12.2. The number of methoxy groups -OCH3 is 1. The van der Waals surface area contributed by atoms with Crippen molar-refractivity contribution in [3.05, 3.63) is 42.5 Å². The number of aliphatic hydroxyl groups is 1. The molecule has 0 spiro atoms. The molecule has 0 aliphatic carbocycles. The zero-order valence-electron chi connectivity index (χ0n) is 16.5. The molecule has 6 nitrogen and oxygen atoms in total.